The highest BCUT2D eigenvalue weighted by Gasteiger charge is 2.13. The number of nitriles is 1. The summed E-state index contributed by atoms with van der Waals surface area (Å²) in [5, 5.41) is 9.14. The van der Waals surface area contributed by atoms with Crippen molar-refractivity contribution in [1.29, 1.82) is 5.26 Å². The van der Waals surface area contributed by atoms with Crippen molar-refractivity contribution in [3.63, 3.8) is 0 Å². The largest absolute Gasteiger partial charge is 0.497 e. The van der Waals surface area contributed by atoms with Crippen LogP contribution in [0.2, 0.25) is 0 Å². The Kier molecular flexibility index (Phi) is 4.18. The highest BCUT2D eigenvalue weighted by atomic mass is 16.5. The van der Waals surface area contributed by atoms with Crippen LogP contribution in [-0.4, -0.2) is 7.11 Å². The van der Waals surface area contributed by atoms with E-state index in [1.807, 2.05) is 24.3 Å². The summed E-state index contributed by atoms with van der Waals surface area (Å²) in [4.78, 5) is 0. The molecule has 2 aromatic rings. The van der Waals surface area contributed by atoms with E-state index in [0.29, 0.717) is 22.8 Å². The fourth-order valence-corrected chi connectivity index (χ4v) is 1.96. The van der Waals surface area contributed by atoms with Gasteiger partial charge in [-0.25, -0.2) is 0 Å². The average Bonchev–Trinajstić information content (AvgIpc) is 2.46. The van der Waals surface area contributed by atoms with Crippen molar-refractivity contribution in [3.05, 3.63) is 53.6 Å². The molecule has 0 saturated carbocycles. The highest BCUT2D eigenvalue weighted by molar-refractivity contribution is 5.49. The average molecular weight is 281 g/mol. The molecule has 0 N–H and O–H groups in total. The number of ether oxygens (including phenoxy) is 2. The first kappa shape index (κ1) is 14.9. The molecule has 0 heterocycles. The number of benzene rings is 2. The third-order valence-electron chi connectivity index (χ3n) is 3.26. The molecule has 0 spiro atoms. The van der Waals surface area contributed by atoms with Crippen LogP contribution < -0.4 is 9.47 Å². The molecule has 3 nitrogen and oxygen atoms in total. The van der Waals surface area contributed by atoms with Gasteiger partial charge in [0, 0.05) is 6.07 Å². The summed E-state index contributed by atoms with van der Waals surface area (Å²) >= 11 is 0. The normalized spacial score (nSPS) is 10.8. The number of hydrogen-bond donors (Lipinski definition) is 0. The number of hydrogen-bond acceptors (Lipinski definition) is 3. The third-order valence-corrected chi connectivity index (χ3v) is 3.26. The van der Waals surface area contributed by atoms with E-state index in [4.69, 9.17) is 14.7 Å². The minimum Gasteiger partial charge on any atom is -0.497 e. The van der Waals surface area contributed by atoms with Crippen LogP contribution in [-0.2, 0) is 5.41 Å². The molecular weight excluding hydrogens is 262 g/mol. The van der Waals surface area contributed by atoms with Crippen molar-refractivity contribution in [2.24, 2.45) is 0 Å². The SMILES string of the molecule is COc1ccc(C#N)c(Oc2ccc(C(C)(C)C)cc2)c1. The molecule has 0 saturated heterocycles. The smallest absolute Gasteiger partial charge is 0.148 e. The van der Waals surface area contributed by atoms with Crippen LogP contribution in [0.5, 0.6) is 17.2 Å². The van der Waals surface area contributed by atoms with E-state index in [1.54, 1.807) is 25.3 Å². The number of methoxy groups -OCH3 is 1. The quantitative estimate of drug-likeness (QED) is 0.822. The molecule has 2 aromatic carbocycles. The van der Waals surface area contributed by atoms with Crippen LogP contribution in [0.15, 0.2) is 42.5 Å². The first-order valence-corrected chi connectivity index (χ1v) is 6.80. The summed E-state index contributed by atoms with van der Waals surface area (Å²) in [7, 11) is 1.59. The van der Waals surface area contributed by atoms with Crippen LogP contribution in [0.4, 0.5) is 0 Å². The van der Waals surface area contributed by atoms with Gasteiger partial charge in [-0.1, -0.05) is 32.9 Å². The van der Waals surface area contributed by atoms with Crippen molar-refractivity contribution in [1.82, 2.24) is 0 Å². The van der Waals surface area contributed by atoms with E-state index in [2.05, 4.69) is 26.8 Å². The first-order valence-electron chi connectivity index (χ1n) is 6.80. The van der Waals surface area contributed by atoms with E-state index >= 15 is 0 Å². The molecule has 0 amide bonds. The first-order chi connectivity index (χ1) is 9.94. The molecule has 3 heteroatoms. The summed E-state index contributed by atoms with van der Waals surface area (Å²) in [6.45, 7) is 6.50. The van der Waals surface area contributed by atoms with Crippen molar-refractivity contribution in [2.75, 3.05) is 7.11 Å². The lowest BCUT2D eigenvalue weighted by molar-refractivity contribution is 0.408. The van der Waals surface area contributed by atoms with Gasteiger partial charge in [-0.05, 0) is 35.2 Å². The predicted octanol–water partition coefficient (Wildman–Crippen LogP) is 4.66. The molecule has 0 bridgehead atoms. The van der Waals surface area contributed by atoms with E-state index in [9.17, 15) is 0 Å². The molecule has 21 heavy (non-hydrogen) atoms. The van der Waals surface area contributed by atoms with Crippen LogP contribution in [0.25, 0.3) is 0 Å². The van der Waals surface area contributed by atoms with Gasteiger partial charge in [0.05, 0.1) is 12.7 Å². The van der Waals surface area contributed by atoms with Gasteiger partial charge in [0.1, 0.15) is 23.3 Å². The Labute approximate surface area is 125 Å². The van der Waals surface area contributed by atoms with Crippen molar-refractivity contribution < 1.29 is 9.47 Å². The second kappa shape index (κ2) is 5.88. The molecule has 108 valence electrons. The molecule has 0 fully saturated rings. The monoisotopic (exact) mass is 281 g/mol. The van der Waals surface area contributed by atoms with E-state index in [0.717, 1.165) is 0 Å². The molecule has 0 aromatic heterocycles. The Morgan fingerprint density at radius 1 is 0.952 bits per heavy atom. The lowest BCUT2D eigenvalue weighted by Crippen LogP contribution is -2.10. The van der Waals surface area contributed by atoms with Gasteiger partial charge in [0.15, 0.2) is 0 Å². The van der Waals surface area contributed by atoms with E-state index < -0.39 is 0 Å². The zero-order valence-electron chi connectivity index (χ0n) is 12.8. The van der Waals surface area contributed by atoms with E-state index in [-0.39, 0.29) is 5.41 Å². The minimum atomic E-state index is 0.103. The van der Waals surface area contributed by atoms with Crippen molar-refractivity contribution in [2.45, 2.75) is 26.2 Å². The maximum Gasteiger partial charge on any atom is 0.148 e. The van der Waals surface area contributed by atoms with Crippen molar-refractivity contribution in [3.8, 4) is 23.3 Å². The van der Waals surface area contributed by atoms with Crippen LogP contribution in [0.3, 0.4) is 0 Å². The topological polar surface area (TPSA) is 42.2 Å². The number of nitrogens with zero attached hydrogens (tertiary/aromatic N) is 1. The Bertz CT molecular complexity index is 661. The summed E-state index contributed by atoms with van der Waals surface area (Å²) in [5.41, 5.74) is 1.82. The molecule has 0 aliphatic heterocycles. The molecule has 2 rings (SSSR count). The van der Waals surface area contributed by atoms with Gasteiger partial charge in [-0.2, -0.15) is 5.26 Å². The Hall–Kier alpha value is -2.47. The highest BCUT2D eigenvalue weighted by Crippen LogP contribution is 2.30. The van der Waals surface area contributed by atoms with Gasteiger partial charge < -0.3 is 9.47 Å². The molecular formula is C18H19NO2. The van der Waals surface area contributed by atoms with Gasteiger partial charge in [-0.3, -0.25) is 0 Å². The molecule has 0 unspecified atom stereocenters. The maximum atomic E-state index is 9.14. The van der Waals surface area contributed by atoms with Gasteiger partial charge in [0.2, 0.25) is 0 Å². The van der Waals surface area contributed by atoms with Crippen LogP contribution in [0, 0.1) is 11.3 Å². The second-order valence-corrected chi connectivity index (χ2v) is 5.85. The Morgan fingerprint density at radius 3 is 2.10 bits per heavy atom. The zero-order chi connectivity index (χ0) is 15.5. The Morgan fingerprint density at radius 2 is 1.57 bits per heavy atom. The molecule has 0 radical (unpaired) electrons. The van der Waals surface area contributed by atoms with E-state index in [1.165, 1.54) is 5.56 Å². The zero-order valence-corrected chi connectivity index (χ0v) is 12.8. The lowest BCUT2D eigenvalue weighted by Gasteiger charge is -2.19. The summed E-state index contributed by atoms with van der Waals surface area (Å²) in [6, 6.07) is 15.2. The fourth-order valence-electron chi connectivity index (χ4n) is 1.96. The third kappa shape index (κ3) is 3.55. The van der Waals surface area contributed by atoms with Crippen molar-refractivity contribution >= 4 is 0 Å². The lowest BCUT2D eigenvalue weighted by atomic mass is 9.87. The fraction of sp³-hybridized carbons (Fsp3) is 0.278. The summed E-state index contributed by atoms with van der Waals surface area (Å²) < 4.78 is 11.0. The molecule has 0 aliphatic rings. The molecule has 0 aliphatic carbocycles. The summed E-state index contributed by atoms with van der Waals surface area (Å²) in [6.07, 6.45) is 0. The molecule has 0 atom stereocenters. The van der Waals surface area contributed by atoms with Gasteiger partial charge in [-0.15, -0.1) is 0 Å². The van der Waals surface area contributed by atoms with Crippen LogP contribution >= 0.6 is 0 Å². The second-order valence-electron chi connectivity index (χ2n) is 5.85. The minimum absolute atomic E-state index is 0.103. The maximum absolute atomic E-state index is 9.14. The predicted molar refractivity (Wildman–Crippen MR) is 82.9 cm³/mol. The standard InChI is InChI=1S/C18H19NO2/c1-18(2,3)14-6-9-15(10-7-14)21-17-11-16(20-4)8-5-13(17)12-19/h5-11H,1-4H3. The van der Waals surface area contributed by atoms with Gasteiger partial charge >= 0.3 is 0 Å². The van der Waals surface area contributed by atoms with Gasteiger partial charge in [0.25, 0.3) is 0 Å². The summed E-state index contributed by atoms with van der Waals surface area (Å²) in [5.74, 6) is 1.86. The Balaban J connectivity index is 2.28. The van der Waals surface area contributed by atoms with Crippen LogP contribution in [0.1, 0.15) is 31.9 Å². The number of rotatable bonds is 3.